The summed E-state index contributed by atoms with van der Waals surface area (Å²) >= 11 is 6.72. The van der Waals surface area contributed by atoms with Gasteiger partial charge in [-0.3, -0.25) is 14.7 Å². The first-order chi connectivity index (χ1) is 25.5. The van der Waals surface area contributed by atoms with Crippen LogP contribution < -0.4 is 20.1 Å². The van der Waals surface area contributed by atoms with Crippen molar-refractivity contribution in [1.82, 2.24) is 20.5 Å². The summed E-state index contributed by atoms with van der Waals surface area (Å²) in [5.41, 5.74) is 6.97. The van der Waals surface area contributed by atoms with E-state index in [-0.39, 0.29) is 50.4 Å². The molecule has 0 unspecified atom stereocenters. The molecule has 4 aromatic rings. The molecule has 0 aliphatic carbocycles. The van der Waals surface area contributed by atoms with Crippen LogP contribution in [0.1, 0.15) is 43.7 Å². The van der Waals surface area contributed by atoms with Gasteiger partial charge in [0, 0.05) is 67.9 Å². The van der Waals surface area contributed by atoms with Crippen LogP contribution in [0.2, 0.25) is 5.02 Å². The summed E-state index contributed by atoms with van der Waals surface area (Å²) in [6.07, 6.45) is 3.09. The average molecular weight is 762 g/mol. The van der Waals surface area contributed by atoms with Gasteiger partial charge in [0.05, 0.1) is 41.3 Å². The number of aliphatic hydroxyl groups excluding tert-OH is 2. The first-order valence-corrected chi connectivity index (χ1v) is 19.5. The second-order valence-electron chi connectivity index (χ2n) is 12.9. The average Bonchev–Trinajstić information content (AvgIpc) is 3.15. The number of hydrogen-bond donors (Lipinski definition) is 4. The first-order valence-electron chi connectivity index (χ1n) is 17.3. The highest BCUT2D eigenvalue weighted by molar-refractivity contribution is 7.91. The van der Waals surface area contributed by atoms with E-state index in [1.54, 1.807) is 30.5 Å². The van der Waals surface area contributed by atoms with Crippen LogP contribution in [-0.2, 0) is 29.6 Å². The highest BCUT2D eigenvalue weighted by Gasteiger charge is 2.22. The summed E-state index contributed by atoms with van der Waals surface area (Å²) in [4.78, 5) is 19.4. The van der Waals surface area contributed by atoms with Crippen molar-refractivity contribution in [2.75, 3.05) is 50.9 Å². The lowest BCUT2D eigenvalue weighted by Crippen LogP contribution is -2.43. The lowest BCUT2D eigenvalue weighted by molar-refractivity contribution is 0.0948. The Balaban J connectivity index is 1.30. The van der Waals surface area contributed by atoms with Crippen LogP contribution in [0.5, 0.6) is 11.5 Å². The van der Waals surface area contributed by atoms with Crippen molar-refractivity contribution in [2.45, 2.75) is 39.6 Å². The minimum Gasteiger partial charge on any atom is -0.488 e. The fraction of sp³-hybridized carbons (Fsp3) is 0.359. The lowest BCUT2D eigenvalue weighted by atomic mass is 9.91. The maximum atomic E-state index is 13.2. The van der Waals surface area contributed by atoms with Gasteiger partial charge in [0.1, 0.15) is 30.8 Å². The van der Waals surface area contributed by atoms with Gasteiger partial charge in [0.25, 0.3) is 5.91 Å². The third-order valence-corrected chi connectivity index (χ3v) is 11.2. The number of nitrogens with one attached hydrogen (secondary N) is 2. The van der Waals surface area contributed by atoms with Crippen LogP contribution in [0, 0.1) is 25.2 Å². The van der Waals surface area contributed by atoms with Crippen molar-refractivity contribution in [1.29, 1.82) is 5.26 Å². The van der Waals surface area contributed by atoms with Gasteiger partial charge < -0.3 is 30.3 Å². The SMILES string of the molecule is Cc1c(COc2cc(OCc3cncc(C#N)c3)c(CNC(CO)CO)cc2Cl)cccc1-c1cccc(C(=O)NCCN2CCS(=O)(=O)CC2)c1C. The number of hydrogen-bond acceptors (Lipinski definition) is 11. The van der Waals surface area contributed by atoms with E-state index in [0.29, 0.717) is 65.0 Å². The molecular weight excluding hydrogens is 718 g/mol. The quantitative estimate of drug-likeness (QED) is 0.130. The Kier molecular flexibility index (Phi) is 13.8. The van der Waals surface area contributed by atoms with Gasteiger partial charge in [-0.05, 0) is 59.9 Å². The fourth-order valence-corrected chi connectivity index (χ4v) is 7.56. The third kappa shape index (κ3) is 10.5. The maximum Gasteiger partial charge on any atom is 0.251 e. The molecule has 1 aliphatic heterocycles. The van der Waals surface area contributed by atoms with Gasteiger partial charge >= 0.3 is 0 Å². The number of aromatic nitrogens is 1. The molecule has 5 rings (SSSR count). The summed E-state index contributed by atoms with van der Waals surface area (Å²) in [7, 11) is -2.96. The second kappa shape index (κ2) is 18.5. The second-order valence-corrected chi connectivity index (χ2v) is 15.6. The zero-order valence-electron chi connectivity index (χ0n) is 29.8. The predicted molar refractivity (Wildman–Crippen MR) is 203 cm³/mol. The van der Waals surface area contributed by atoms with Crippen molar-refractivity contribution in [3.63, 3.8) is 0 Å². The van der Waals surface area contributed by atoms with E-state index in [4.69, 9.17) is 21.1 Å². The minimum atomic E-state index is -2.96. The summed E-state index contributed by atoms with van der Waals surface area (Å²) in [5, 5.41) is 34.8. The van der Waals surface area contributed by atoms with Crippen molar-refractivity contribution in [2.24, 2.45) is 0 Å². The normalized spacial score (nSPS) is 14.1. The van der Waals surface area contributed by atoms with Gasteiger partial charge in [0.15, 0.2) is 9.84 Å². The van der Waals surface area contributed by atoms with Crippen LogP contribution in [0.3, 0.4) is 0 Å². The van der Waals surface area contributed by atoms with Crippen LogP contribution in [0.15, 0.2) is 67.0 Å². The summed E-state index contributed by atoms with van der Waals surface area (Å²) in [6, 6.07) is 18.2. The molecule has 280 valence electrons. The Morgan fingerprint density at radius 2 is 1.66 bits per heavy atom. The molecule has 53 heavy (non-hydrogen) atoms. The zero-order valence-corrected chi connectivity index (χ0v) is 31.3. The molecule has 0 bridgehead atoms. The molecule has 1 saturated heterocycles. The number of aliphatic hydroxyl groups is 2. The van der Waals surface area contributed by atoms with Gasteiger partial charge in [-0.25, -0.2) is 8.42 Å². The summed E-state index contributed by atoms with van der Waals surface area (Å²) in [5.74, 6) is 0.967. The number of amides is 1. The van der Waals surface area contributed by atoms with Crippen molar-refractivity contribution >= 4 is 27.3 Å². The van der Waals surface area contributed by atoms with E-state index in [0.717, 1.165) is 27.8 Å². The van der Waals surface area contributed by atoms with Gasteiger partial charge in [-0.1, -0.05) is 41.9 Å². The molecule has 12 nitrogen and oxygen atoms in total. The van der Waals surface area contributed by atoms with Gasteiger partial charge in [-0.2, -0.15) is 5.26 Å². The number of rotatable bonds is 16. The number of pyridine rings is 1. The molecule has 4 N–H and O–H groups in total. The Morgan fingerprint density at radius 3 is 2.38 bits per heavy atom. The first kappa shape index (κ1) is 39.7. The van der Waals surface area contributed by atoms with Gasteiger partial charge in [0.2, 0.25) is 0 Å². The zero-order chi connectivity index (χ0) is 38.0. The molecule has 0 atom stereocenters. The molecule has 14 heteroatoms. The number of nitriles is 1. The van der Waals surface area contributed by atoms with E-state index in [9.17, 15) is 28.7 Å². The number of carbonyl (C=O) groups excluding carboxylic acids is 1. The predicted octanol–water partition coefficient (Wildman–Crippen LogP) is 3.95. The molecule has 0 radical (unpaired) electrons. The van der Waals surface area contributed by atoms with Crippen molar-refractivity contribution in [3.8, 4) is 28.7 Å². The Labute approximate surface area is 315 Å². The number of sulfone groups is 1. The third-order valence-electron chi connectivity index (χ3n) is 9.30. The maximum absolute atomic E-state index is 13.2. The minimum absolute atomic E-state index is 0.127. The molecule has 1 aromatic heterocycles. The summed E-state index contributed by atoms with van der Waals surface area (Å²) in [6.45, 7) is 5.95. The van der Waals surface area contributed by atoms with Gasteiger partial charge in [-0.15, -0.1) is 0 Å². The Morgan fingerprint density at radius 1 is 0.962 bits per heavy atom. The number of nitrogens with zero attached hydrogens (tertiary/aromatic N) is 3. The van der Waals surface area contributed by atoms with E-state index in [2.05, 4.69) is 26.6 Å². The van der Waals surface area contributed by atoms with E-state index < -0.39 is 15.9 Å². The van der Waals surface area contributed by atoms with Crippen LogP contribution in [-0.4, -0.2) is 91.4 Å². The number of benzene rings is 3. The lowest BCUT2D eigenvalue weighted by Gasteiger charge is -2.26. The molecule has 0 saturated carbocycles. The molecule has 1 amide bonds. The molecular formula is C39H44ClN5O7S. The highest BCUT2D eigenvalue weighted by Crippen LogP contribution is 2.35. The van der Waals surface area contributed by atoms with Crippen LogP contribution in [0.25, 0.3) is 11.1 Å². The monoisotopic (exact) mass is 761 g/mol. The number of ether oxygens (including phenoxy) is 2. The molecule has 3 aromatic carbocycles. The topological polar surface area (TPSA) is 174 Å². The fourth-order valence-electron chi connectivity index (χ4n) is 6.05. The molecule has 2 heterocycles. The van der Waals surface area contributed by atoms with Crippen molar-refractivity contribution < 1.29 is 32.9 Å². The highest BCUT2D eigenvalue weighted by atomic mass is 35.5. The van der Waals surface area contributed by atoms with Crippen LogP contribution in [0.4, 0.5) is 0 Å². The largest absolute Gasteiger partial charge is 0.488 e. The van der Waals surface area contributed by atoms with E-state index in [1.807, 2.05) is 44.2 Å². The molecule has 1 aliphatic rings. The summed E-state index contributed by atoms with van der Waals surface area (Å²) < 4.78 is 35.9. The van der Waals surface area contributed by atoms with Crippen LogP contribution >= 0.6 is 11.6 Å². The number of carbonyl (C=O) groups is 1. The molecule has 0 spiro atoms. The Bertz CT molecular complexity index is 2050. The smallest absolute Gasteiger partial charge is 0.251 e. The standard InChI is InChI=1S/C39H44ClN5O7S/c1-26-30(5-3-6-33(26)34-7-4-8-35(27(34)2)39(48)43-9-10-45-11-13-53(49,50)14-12-45)25-52-38-17-37(51-24-29-15-28(18-41)19-42-20-29)31(16-36(38)40)21-44-32(22-46)23-47/h3-8,15-17,19-20,32,44,46-47H,9-14,21-25H2,1-2H3,(H,43,48). The Hall–Kier alpha value is -4.55. The number of halogens is 1. The molecule has 1 fully saturated rings. The van der Waals surface area contributed by atoms with Crippen molar-refractivity contribution in [3.05, 3.63) is 111 Å². The van der Waals surface area contributed by atoms with E-state index in [1.165, 1.54) is 6.20 Å². The van der Waals surface area contributed by atoms with E-state index >= 15 is 0 Å².